The number of rotatable bonds is 6. The highest BCUT2D eigenvalue weighted by molar-refractivity contribution is 5.88. The fourth-order valence-electron chi connectivity index (χ4n) is 2.24. The van der Waals surface area contributed by atoms with Gasteiger partial charge < -0.3 is 20.1 Å². The average molecular weight is 272 g/mol. The van der Waals surface area contributed by atoms with Crippen LogP contribution in [0.3, 0.4) is 0 Å². The topological polar surface area (TPSA) is 76.7 Å². The maximum Gasteiger partial charge on any atom is 0.242 e. The zero-order valence-electron chi connectivity index (χ0n) is 11.9. The Balaban J connectivity index is 2.58. The molecule has 0 aromatic carbocycles. The van der Waals surface area contributed by atoms with E-state index in [1.807, 2.05) is 6.92 Å². The van der Waals surface area contributed by atoms with Gasteiger partial charge >= 0.3 is 0 Å². The quantitative estimate of drug-likeness (QED) is 0.693. The van der Waals surface area contributed by atoms with Crippen molar-refractivity contribution in [2.24, 2.45) is 0 Å². The maximum atomic E-state index is 12.2. The van der Waals surface area contributed by atoms with Crippen molar-refractivity contribution in [2.45, 2.75) is 57.4 Å². The third-order valence-corrected chi connectivity index (χ3v) is 3.36. The molecule has 1 fully saturated rings. The largest absolute Gasteiger partial charge is 0.354 e. The van der Waals surface area contributed by atoms with E-state index in [2.05, 4.69) is 10.6 Å². The third-order valence-electron chi connectivity index (χ3n) is 3.36. The van der Waals surface area contributed by atoms with Gasteiger partial charge in [-0.05, 0) is 19.3 Å². The second-order valence-electron chi connectivity index (χ2n) is 4.73. The second kappa shape index (κ2) is 8.12. The molecule has 0 bridgehead atoms. The van der Waals surface area contributed by atoms with Gasteiger partial charge in [-0.15, -0.1) is 0 Å². The molecular formula is C13H24N2O4. The van der Waals surface area contributed by atoms with Crippen LogP contribution in [0.4, 0.5) is 0 Å². The molecule has 2 N–H and O–H groups in total. The number of carbonyl (C=O) groups is 2. The monoisotopic (exact) mass is 272 g/mol. The molecule has 0 radical (unpaired) electrons. The van der Waals surface area contributed by atoms with Crippen LogP contribution in [-0.2, 0) is 19.1 Å². The van der Waals surface area contributed by atoms with Crippen molar-refractivity contribution >= 4 is 11.8 Å². The molecule has 6 heteroatoms. The van der Waals surface area contributed by atoms with Crippen LogP contribution in [0.2, 0.25) is 0 Å². The van der Waals surface area contributed by atoms with E-state index < -0.39 is 12.3 Å². The predicted molar refractivity (Wildman–Crippen MR) is 70.4 cm³/mol. The number of methoxy groups -OCH3 is 2. The molecule has 1 aliphatic rings. The van der Waals surface area contributed by atoms with Gasteiger partial charge in [0.05, 0.1) is 6.04 Å². The van der Waals surface area contributed by atoms with E-state index in [-0.39, 0.29) is 17.9 Å². The lowest BCUT2D eigenvalue weighted by Gasteiger charge is -2.26. The lowest BCUT2D eigenvalue weighted by atomic mass is 10.1. The number of hydrogen-bond donors (Lipinski definition) is 2. The summed E-state index contributed by atoms with van der Waals surface area (Å²) in [7, 11) is 3.08. The van der Waals surface area contributed by atoms with Gasteiger partial charge in [-0.3, -0.25) is 9.59 Å². The van der Waals surface area contributed by atoms with Crippen LogP contribution in [0, 0.1) is 0 Å². The summed E-state index contributed by atoms with van der Waals surface area (Å²) in [6.45, 7) is 1.95. The van der Waals surface area contributed by atoms with Crippen LogP contribution < -0.4 is 10.6 Å². The zero-order valence-corrected chi connectivity index (χ0v) is 11.9. The van der Waals surface area contributed by atoms with Crippen molar-refractivity contribution in [3.05, 3.63) is 0 Å². The molecule has 0 saturated carbocycles. The first-order chi connectivity index (χ1) is 9.12. The summed E-state index contributed by atoms with van der Waals surface area (Å²) in [4.78, 5) is 23.6. The number of nitrogens with one attached hydrogen (secondary N) is 2. The first kappa shape index (κ1) is 15.9. The number of ether oxygens (including phenoxy) is 2. The minimum atomic E-state index is -0.476. The number of carbonyl (C=O) groups excluding carboxylic acids is 2. The van der Waals surface area contributed by atoms with Gasteiger partial charge in [0.2, 0.25) is 11.8 Å². The van der Waals surface area contributed by atoms with Crippen molar-refractivity contribution in [1.29, 1.82) is 0 Å². The molecule has 110 valence electrons. The SMILES string of the molecule is CC[C@@H](NC(=O)[C@@H]1CCCCC(=O)N1)C(OC)OC. The molecule has 0 unspecified atom stereocenters. The van der Waals surface area contributed by atoms with Gasteiger partial charge in [-0.25, -0.2) is 0 Å². The summed E-state index contributed by atoms with van der Waals surface area (Å²) >= 11 is 0. The molecule has 2 atom stereocenters. The molecule has 6 nitrogen and oxygen atoms in total. The fraction of sp³-hybridized carbons (Fsp3) is 0.846. The first-order valence-electron chi connectivity index (χ1n) is 6.77. The van der Waals surface area contributed by atoms with E-state index >= 15 is 0 Å². The first-order valence-corrected chi connectivity index (χ1v) is 6.77. The van der Waals surface area contributed by atoms with Crippen LogP contribution in [0.5, 0.6) is 0 Å². The Hall–Kier alpha value is -1.14. The Morgan fingerprint density at radius 3 is 2.68 bits per heavy atom. The molecule has 0 spiro atoms. The van der Waals surface area contributed by atoms with Crippen molar-refractivity contribution in [2.75, 3.05) is 14.2 Å². The summed E-state index contributed by atoms with van der Waals surface area (Å²) in [6, 6.07) is -0.666. The lowest BCUT2D eigenvalue weighted by molar-refractivity contribution is -0.140. The third kappa shape index (κ3) is 4.80. The average Bonchev–Trinajstić information content (AvgIpc) is 2.63. The molecule has 0 aromatic heterocycles. The minimum Gasteiger partial charge on any atom is -0.354 e. The van der Waals surface area contributed by atoms with E-state index in [0.29, 0.717) is 19.3 Å². The Morgan fingerprint density at radius 1 is 1.42 bits per heavy atom. The summed E-state index contributed by atoms with van der Waals surface area (Å²) < 4.78 is 10.3. The van der Waals surface area contributed by atoms with Gasteiger partial charge in [-0.2, -0.15) is 0 Å². The van der Waals surface area contributed by atoms with E-state index in [0.717, 1.165) is 12.8 Å². The van der Waals surface area contributed by atoms with Crippen LogP contribution in [-0.4, -0.2) is 44.4 Å². The summed E-state index contributed by atoms with van der Waals surface area (Å²) in [6.07, 6.45) is 3.12. The molecule has 0 aliphatic carbocycles. The Kier molecular flexibility index (Phi) is 6.80. The van der Waals surface area contributed by atoms with Crippen molar-refractivity contribution < 1.29 is 19.1 Å². The molecule has 19 heavy (non-hydrogen) atoms. The summed E-state index contributed by atoms with van der Waals surface area (Å²) in [5, 5.41) is 5.63. The van der Waals surface area contributed by atoms with E-state index in [1.54, 1.807) is 0 Å². The van der Waals surface area contributed by atoms with Crippen LogP contribution in [0.25, 0.3) is 0 Å². The summed E-state index contributed by atoms with van der Waals surface area (Å²) in [5.74, 6) is -0.220. The van der Waals surface area contributed by atoms with Gasteiger partial charge in [0.1, 0.15) is 6.04 Å². The van der Waals surface area contributed by atoms with E-state index in [1.165, 1.54) is 14.2 Å². The number of amides is 2. The predicted octanol–water partition coefficient (Wildman–Crippen LogP) is 0.559. The summed E-state index contributed by atoms with van der Waals surface area (Å²) in [5.41, 5.74) is 0. The zero-order chi connectivity index (χ0) is 14.3. The highest BCUT2D eigenvalue weighted by atomic mass is 16.7. The van der Waals surface area contributed by atoms with Crippen LogP contribution in [0.15, 0.2) is 0 Å². The smallest absolute Gasteiger partial charge is 0.242 e. The van der Waals surface area contributed by atoms with Gasteiger partial charge in [0.25, 0.3) is 0 Å². The Bertz CT molecular complexity index is 305. The van der Waals surface area contributed by atoms with Crippen molar-refractivity contribution in [1.82, 2.24) is 10.6 Å². The molecule has 1 saturated heterocycles. The fourth-order valence-corrected chi connectivity index (χ4v) is 2.24. The van der Waals surface area contributed by atoms with Gasteiger partial charge in [0, 0.05) is 20.6 Å². The second-order valence-corrected chi connectivity index (χ2v) is 4.73. The molecule has 2 amide bonds. The number of hydrogen-bond acceptors (Lipinski definition) is 4. The van der Waals surface area contributed by atoms with Crippen molar-refractivity contribution in [3.63, 3.8) is 0 Å². The van der Waals surface area contributed by atoms with Crippen LogP contribution in [0.1, 0.15) is 39.0 Å². The maximum absolute atomic E-state index is 12.2. The van der Waals surface area contributed by atoms with Crippen LogP contribution >= 0.6 is 0 Å². The Morgan fingerprint density at radius 2 is 2.11 bits per heavy atom. The van der Waals surface area contributed by atoms with Gasteiger partial charge in [0.15, 0.2) is 6.29 Å². The normalized spacial score (nSPS) is 21.7. The lowest BCUT2D eigenvalue weighted by Crippen LogP contribution is -2.52. The van der Waals surface area contributed by atoms with Crippen molar-refractivity contribution in [3.8, 4) is 0 Å². The standard InChI is InChI=1S/C13H24N2O4/c1-4-9(13(18-2)19-3)15-12(17)10-7-5-6-8-11(16)14-10/h9-10,13H,4-8H2,1-3H3,(H,14,16)(H,15,17)/t9-,10+/m1/s1. The van der Waals surface area contributed by atoms with E-state index in [9.17, 15) is 9.59 Å². The highest BCUT2D eigenvalue weighted by Crippen LogP contribution is 2.11. The molecule has 1 rings (SSSR count). The Labute approximate surface area is 114 Å². The molecule has 1 aliphatic heterocycles. The minimum absolute atomic E-state index is 0.0549. The molecule has 0 aromatic rings. The van der Waals surface area contributed by atoms with Gasteiger partial charge in [-0.1, -0.05) is 13.3 Å². The van der Waals surface area contributed by atoms with E-state index in [4.69, 9.17) is 9.47 Å². The highest BCUT2D eigenvalue weighted by Gasteiger charge is 2.27. The molecular weight excluding hydrogens is 248 g/mol. The molecule has 1 heterocycles.